The summed E-state index contributed by atoms with van der Waals surface area (Å²) in [4.78, 5) is 23.4. The number of urea groups is 1. The molecule has 7 nitrogen and oxygen atoms in total. The molecule has 1 fully saturated rings. The van der Waals surface area contributed by atoms with Crippen LogP contribution >= 0.6 is 0 Å². The van der Waals surface area contributed by atoms with Crippen LogP contribution in [0.5, 0.6) is 5.75 Å². The lowest BCUT2D eigenvalue weighted by atomic mass is 10.2. The molecule has 0 aliphatic carbocycles. The summed E-state index contributed by atoms with van der Waals surface area (Å²) < 4.78 is 7.72. The summed E-state index contributed by atoms with van der Waals surface area (Å²) in [5.74, 6) is 1.70. The highest BCUT2D eigenvalue weighted by atomic mass is 16.5. The van der Waals surface area contributed by atoms with Crippen molar-refractivity contribution in [3.63, 3.8) is 0 Å². The second kappa shape index (κ2) is 8.29. The number of fused-ring (bicyclic) bond motifs is 1. The minimum absolute atomic E-state index is 0.0176. The first-order valence-corrected chi connectivity index (χ1v) is 9.72. The Balaban J connectivity index is 1.32. The highest BCUT2D eigenvalue weighted by Crippen LogP contribution is 2.32. The van der Waals surface area contributed by atoms with E-state index in [9.17, 15) is 4.79 Å². The molecular formula is C21H25N5O2. The van der Waals surface area contributed by atoms with Gasteiger partial charge in [-0.2, -0.15) is 0 Å². The number of amides is 2. The van der Waals surface area contributed by atoms with E-state index in [0.717, 1.165) is 48.4 Å². The minimum Gasteiger partial charge on any atom is -0.492 e. The molecule has 1 saturated heterocycles. The Morgan fingerprint density at radius 3 is 3.00 bits per heavy atom. The highest BCUT2D eigenvalue weighted by Gasteiger charge is 2.33. The van der Waals surface area contributed by atoms with Crippen LogP contribution in [0.1, 0.15) is 31.1 Å². The van der Waals surface area contributed by atoms with Crippen LogP contribution in [0.15, 0.2) is 48.8 Å². The summed E-state index contributed by atoms with van der Waals surface area (Å²) in [6, 6.07) is 11.8. The average Bonchev–Trinajstić information content (AvgIpc) is 3.33. The molecule has 3 aromatic rings. The maximum Gasteiger partial charge on any atom is 0.318 e. The van der Waals surface area contributed by atoms with Gasteiger partial charge in [0.15, 0.2) is 0 Å². The Kier molecular flexibility index (Phi) is 5.41. The molecule has 4 rings (SSSR count). The SMILES string of the molecule is Cn1c([C@H]2CCCN2C(=O)NCCCOc2cccnc2)nc2ccccc21. The molecule has 0 spiro atoms. The van der Waals surface area contributed by atoms with Crippen LogP contribution in [0.3, 0.4) is 0 Å². The van der Waals surface area contributed by atoms with Crippen LogP contribution in [0.4, 0.5) is 4.79 Å². The number of aryl methyl sites for hydroxylation is 1. The number of carbonyl (C=O) groups excluding carboxylic acids is 1. The number of carbonyl (C=O) groups is 1. The fraction of sp³-hybridized carbons (Fsp3) is 0.381. The van der Waals surface area contributed by atoms with Gasteiger partial charge in [-0.15, -0.1) is 0 Å². The molecular weight excluding hydrogens is 354 g/mol. The van der Waals surface area contributed by atoms with Crippen molar-refractivity contribution in [3.8, 4) is 5.75 Å². The third-order valence-electron chi connectivity index (χ3n) is 5.13. The van der Waals surface area contributed by atoms with Crippen LogP contribution in [-0.4, -0.2) is 45.2 Å². The summed E-state index contributed by atoms with van der Waals surface area (Å²) in [5, 5.41) is 3.02. The molecule has 2 aromatic heterocycles. The number of rotatable bonds is 6. The molecule has 0 bridgehead atoms. The second-order valence-corrected chi connectivity index (χ2v) is 6.99. The van der Waals surface area contributed by atoms with Crippen molar-refractivity contribution in [3.05, 3.63) is 54.6 Å². The van der Waals surface area contributed by atoms with Crippen LogP contribution in [0.25, 0.3) is 11.0 Å². The lowest BCUT2D eigenvalue weighted by Crippen LogP contribution is -2.40. The van der Waals surface area contributed by atoms with Gasteiger partial charge >= 0.3 is 6.03 Å². The van der Waals surface area contributed by atoms with E-state index < -0.39 is 0 Å². The highest BCUT2D eigenvalue weighted by molar-refractivity contribution is 5.77. The smallest absolute Gasteiger partial charge is 0.318 e. The molecule has 2 amide bonds. The van der Waals surface area contributed by atoms with E-state index in [1.54, 1.807) is 12.4 Å². The van der Waals surface area contributed by atoms with Gasteiger partial charge in [-0.05, 0) is 43.5 Å². The van der Waals surface area contributed by atoms with Gasteiger partial charge in [0.1, 0.15) is 11.6 Å². The Morgan fingerprint density at radius 2 is 2.18 bits per heavy atom. The number of nitrogens with zero attached hydrogens (tertiary/aromatic N) is 4. The van der Waals surface area contributed by atoms with Crippen molar-refractivity contribution in [2.45, 2.75) is 25.3 Å². The van der Waals surface area contributed by atoms with E-state index >= 15 is 0 Å². The predicted octanol–water partition coefficient (Wildman–Crippen LogP) is 3.28. The van der Waals surface area contributed by atoms with Gasteiger partial charge in [0.2, 0.25) is 0 Å². The number of para-hydroxylation sites is 2. The number of hydrogen-bond donors (Lipinski definition) is 1. The molecule has 3 heterocycles. The largest absolute Gasteiger partial charge is 0.492 e. The number of imidazole rings is 1. The van der Waals surface area contributed by atoms with Gasteiger partial charge in [-0.1, -0.05) is 12.1 Å². The fourth-order valence-corrected chi connectivity index (χ4v) is 3.73. The van der Waals surface area contributed by atoms with Crippen LogP contribution in [-0.2, 0) is 7.05 Å². The summed E-state index contributed by atoms with van der Waals surface area (Å²) in [6.45, 7) is 1.87. The molecule has 1 N–H and O–H groups in total. The van der Waals surface area contributed by atoms with Crippen LogP contribution in [0, 0.1) is 0 Å². The topological polar surface area (TPSA) is 72.3 Å². The normalized spacial score (nSPS) is 16.5. The molecule has 1 aromatic carbocycles. The summed E-state index contributed by atoms with van der Waals surface area (Å²) in [6.07, 6.45) is 6.07. The summed E-state index contributed by atoms with van der Waals surface area (Å²) >= 11 is 0. The molecule has 0 unspecified atom stereocenters. The minimum atomic E-state index is -0.0315. The van der Waals surface area contributed by atoms with E-state index in [1.807, 2.05) is 42.3 Å². The Morgan fingerprint density at radius 1 is 1.29 bits per heavy atom. The maximum absolute atomic E-state index is 12.7. The number of ether oxygens (including phenoxy) is 1. The molecule has 0 saturated carbocycles. The Bertz CT molecular complexity index is 940. The van der Waals surface area contributed by atoms with Gasteiger partial charge < -0.3 is 19.5 Å². The second-order valence-electron chi connectivity index (χ2n) is 6.99. The molecule has 7 heteroatoms. The summed E-state index contributed by atoms with van der Waals surface area (Å²) in [7, 11) is 2.02. The van der Waals surface area contributed by atoms with Gasteiger partial charge in [0.25, 0.3) is 0 Å². The first-order valence-electron chi connectivity index (χ1n) is 9.72. The number of hydrogen-bond acceptors (Lipinski definition) is 4. The summed E-state index contributed by atoms with van der Waals surface area (Å²) in [5.41, 5.74) is 2.07. The zero-order valence-corrected chi connectivity index (χ0v) is 16.0. The number of benzene rings is 1. The van der Waals surface area contributed by atoms with E-state index in [4.69, 9.17) is 9.72 Å². The first-order chi connectivity index (χ1) is 13.7. The predicted molar refractivity (Wildman–Crippen MR) is 107 cm³/mol. The molecule has 0 radical (unpaired) electrons. The maximum atomic E-state index is 12.7. The van der Waals surface area contributed by atoms with E-state index in [-0.39, 0.29) is 12.1 Å². The number of pyridine rings is 1. The van der Waals surface area contributed by atoms with Crippen LogP contribution in [0.2, 0.25) is 0 Å². The molecule has 1 aliphatic rings. The molecule has 1 atom stereocenters. The fourth-order valence-electron chi connectivity index (χ4n) is 3.73. The third-order valence-corrected chi connectivity index (χ3v) is 5.13. The standard InChI is InChI=1S/C21H25N5O2/c1-25-18-9-3-2-8-17(18)24-20(25)19-10-5-13-26(19)21(27)23-12-6-14-28-16-7-4-11-22-15-16/h2-4,7-9,11,15,19H,5-6,10,12-14H2,1H3,(H,23,27)/t19-/m1/s1. The van der Waals surface area contributed by atoms with Crippen molar-refractivity contribution >= 4 is 17.1 Å². The van der Waals surface area contributed by atoms with Gasteiger partial charge in [-0.3, -0.25) is 4.98 Å². The van der Waals surface area contributed by atoms with Crippen molar-refractivity contribution in [1.82, 2.24) is 24.8 Å². The monoisotopic (exact) mass is 379 g/mol. The van der Waals surface area contributed by atoms with Gasteiger partial charge in [0.05, 0.1) is 29.9 Å². The van der Waals surface area contributed by atoms with Crippen molar-refractivity contribution in [1.29, 1.82) is 0 Å². The number of nitrogens with one attached hydrogen (secondary N) is 1. The Hall–Kier alpha value is -3.09. The Labute approximate surface area is 164 Å². The third kappa shape index (κ3) is 3.78. The quantitative estimate of drug-likeness (QED) is 0.667. The van der Waals surface area contributed by atoms with Gasteiger partial charge in [0, 0.05) is 26.3 Å². The lowest BCUT2D eigenvalue weighted by Gasteiger charge is -2.24. The number of likely N-dealkylation sites (tertiary alicyclic amines) is 1. The zero-order chi connectivity index (χ0) is 19.3. The zero-order valence-electron chi connectivity index (χ0n) is 16.0. The number of aromatic nitrogens is 3. The molecule has 146 valence electrons. The van der Waals surface area contributed by atoms with E-state index in [2.05, 4.69) is 20.9 Å². The van der Waals surface area contributed by atoms with E-state index in [0.29, 0.717) is 13.2 Å². The first kappa shape index (κ1) is 18.3. The molecule has 1 aliphatic heterocycles. The van der Waals surface area contributed by atoms with Crippen molar-refractivity contribution in [2.75, 3.05) is 19.7 Å². The molecule has 28 heavy (non-hydrogen) atoms. The lowest BCUT2D eigenvalue weighted by molar-refractivity contribution is 0.189. The van der Waals surface area contributed by atoms with Crippen LogP contribution < -0.4 is 10.1 Å². The average molecular weight is 379 g/mol. The van der Waals surface area contributed by atoms with Gasteiger partial charge in [-0.25, -0.2) is 9.78 Å². The van der Waals surface area contributed by atoms with Crippen molar-refractivity contribution < 1.29 is 9.53 Å². The van der Waals surface area contributed by atoms with Crippen molar-refractivity contribution in [2.24, 2.45) is 7.05 Å². The van der Waals surface area contributed by atoms with E-state index in [1.165, 1.54) is 0 Å².